The predicted molar refractivity (Wildman–Crippen MR) is 150 cm³/mol. The summed E-state index contributed by atoms with van der Waals surface area (Å²) in [6, 6.07) is 0.508. The summed E-state index contributed by atoms with van der Waals surface area (Å²) >= 11 is 3.63. The number of carboxylic acids is 1. The van der Waals surface area contributed by atoms with Gasteiger partial charge in [-0.25, -0.2) is 9.55 Å². The van der Waals surface area contributed by atoms with Crippen molar-refractivity contribution in [2.75, 3.05) is 28.7 Å². The molecule has 0 radical (unpaired) electrons. The monoisotopic (exact) mass is 603 g/mol. The molecule has 0 saturated carbocycles. The van der Waals surface area contributed by atoms with Crippen LogP contribution in [-0.4, -0.2) is 61.3 Å². The molecule has 2 amide bonds. The van der Waals surface area contributed by atoms with Crippen LogP contribution >= 0.6 is 34.9 Å². The number of nitrogens with zero attached hydrogens (tertiary/aromatic N) is 5. The molecule has 17 heteroatoms. The molecular formula is C23H25N9O5S3. The molecule has 7 N–H and O–H groups in total. The molecule has 2 aromatic rings. The molecule has 2 aromatic heterocycles. The Bertz CT molecular complexity index is 1460. The van der Waals surface area contributed by atoms with Gasteiger partial charge >= 0.3 is 5.16 Å². The zero-order valence-corrected chi connectivity index (χ0v) is 23.6. The van der Waals surface area contributed by atoms with Gasteiger partial charge in [0.25, 0.3) is 11.8 Å². The van der Waals surface area contributed by atoms with Gasteiger partial charge in [-0.1, -0.05) is 22.8 Å². The van der Waals surface area contributed by atoms with Gasteiger partial charge in [-0.05, 0) is 30.3 Å². The third-order valence-corrected chi connectivity index (χ3v) is 8.67. The number of hydrogen-bond donors (Lipinski definition) is 4. The van der Waals surface area contributed by atoms with Crippen molar-refractivity contribution < 1.29 is 28.9 Å². The van der Waals surface area contributed by atoms with Crippen molar-refractivity contribution in [3.63, 3.8) is 0 Å². The Morgan fingerprint density at radius 2 is 2.17 bits per heavy atom. The second-order valence-corrected chi connectivity index (χ2v) is 11.2. The number of carbonyl (C=O) groups is 3. The second-order valence-electron chi connectivity index (χ2n) is 8.26. The van der Waals surface area contributed by atoms with Crippen LogP contribution in [0, 0.1) is 0 Å². The number of nitrogens with two attached hydrogens (primary N) is 3. The summed E-state index contributed by atoms with van der Waals surface area (Å²) in [6.07, 6.45) is 4.48. The first-order chi connectivity index (χ1) is 19.2. The van der Waals surface area contributed by atoms with Crippen molar-refractivity contribution in [2.45, 2.75) is 30.0 Å². The van der Waals surface area contributed by atoms with Gasteiger partial charge in [0.1, 0.15) is 23.4 Å². The lowest BCUT2D eigenvalue weighted by Gasteiger charge is -2.50. The lowest BCUT2D eigenvalue weighted by molar-refractivity contribution is -0.713. The molecule has 1 fully saturated rings. The van der Waals surface area contributed by atoms with Crippen LogP contribution in [0.15, 0.2) is 58.0 Å². The quantitative estimate of drug-likeness (QED) is 0.0363. The first-order valence-corrected chi connectivity index (χ1v) is 14.5. The first kappa shape index (κ1) is 28.9. The normalized spacial score (nSPS) is 18.9. The lowest BCUT2D eigenvalue weighted by atomic mass is 10.0. The number of thiazole rings is 1. The summed E-state index contributed by atoms with van der Waals surface area (Å²) in [6.45, 7) is 5.78. The molecule has 0 spiro atoms. The van der Waals surface area contributed by atoms with E-state index < -0.39 is 29.2 Å². The summed E-state index contributed by atoms with van der Waals surface area (Å²) in [5.74, 6) is -1.80. The molecule has 0 aromatic carbocycles. The minimum atomic E-state index is -1.50. The van der Waals surface area contributed by atoms with E-state index in [-0.39, 0.29) is 39.6 Å². The zero-order chi connectivity index (χ0) is 29.0. The molecule has 40 heavy (non-hydrogen) atoms. The maximum Gasteiger partial charge on any atom is 0.301 e. The number of thioether (sulfide) groups is 2. The molecule has 210 valence electrons. The smallest absolute Gasteiger partial charge is 0.301 e. The summed E-state index contributed by atoms with van der Waals surface area (Å²) in [4.78, 5) is 52.8. The minimum absolute atomic E-state index is 0.170. The van der Waals surface area contributed by atoms with E-state index >= 15 is 0 Å². The highest BCUT2D eigenvalue weighted by atomic mass is 32.2. The summed E-state index contributed by atoms with van der Waals surface area (Å²) in [5, 5.41) is 20.1. The van der Waals surface area contributed by atoms with Crippen molar-refractivity contribution >= 4 is 75.1 Å². The van der Waals surface area contributed by atoms with Gasteiger partial charge < -0.3 is 37.3 Å². The molecular weight excluding hydrogens is 579 g/mol. The number of carboxylic acid groups (broad SMARTS) is 1. The highest BCUT2D eigenvalue weighted by molar-refractivity contribution is 8.01. The molecule has 2 unspecified atom stereocenters. The highest BCUT2D eigenvalue weighted by Gasteiger charge is 2.53. The van der Waals surface area contributed by atoms with Crippen LogP contribution in [0.2, 0.25) is 0 Å². The average molecular weight is 604 g/mol. The summed E-state index contributed by atoms with van der Waals surface area (Å²) in [7, 11) is 0. The Morgan fingerprint density at radius 3 is 2.83 bits per heavy atom. The number of hydrogen-bond acceptors (Lipinski definition) is 14. The van der Waals surface area contributed by atoms with E-state index in [1.165, 1.54) is 41.2 Å². The van der Waals surface area contributed by atoms with Gasteiger partial charge in [0.05, 0.1) is 24.3 Å². The van der Waals surface area contributed by atoms with Crippen LogP contribution in [-0.2, 0) is 25.8 Å². The molecule has 2 aliphatic rings. The number of carbonyl (C=O) groups excluding carboxylic acids is 3. The van der Waals surface area contributed by atoms with E-state index in [9.17, 15) is 19.5 Å². The fraction of sp³-hybridized carbons (Fsp3) is 0.261. The van der Waals surface area contributed by atoms with Crippen molar-refractivity contribution in [2.24, 2.45) is 5.16 Å². The molecule has 2 aliphatic heterocycles. The van der Waals surface area contributed by atoms with Crippen molar-refractivity contribution in [1.82, 2.24) is 20.2 Å². The van der Waals surface area contributed by atoms with Crippen molar-refractivity contribution in [3.05, 3.63) is 53.4 Å². The highest BCUT2D eigenvalue weighted by Crippen LogP contribution is 2.41. The van der Waals surface area contributed by atoms with Crippen molar-refractivity contribution in [1.29, 1.82) is 0 Å². The van der Waals surface area contributed by atoms with Crippen LogP contribution in [0.4, 0.5) is 16.8 Å². The molecule has 0 bridgehead atoms. The maximum absolute atomic E-state index is 13.1. The summed E-state index contributed by atoms with van der Waals surface area (Å²) < 4.78 is 1.68. The predicted octanol–water partition coefficient (Wildman–Crippen LogP) is -0.791. The van der Waals surface area contributed by atoms with Gasteiger partial charge in [-0.3, -0.25) is 14.5 Å². The number of oxime groups is 1. The first-order valence-electron chi connectivity index (χ1n) is 11.6. The number of nitrogen functional groups attached to an aromatic ring is 3. The fourth-order valence-electron chi connectivity index (χ4n) is 3.85. The van der Waals surface area contributed by atoms with Crippen LogP contribution in [0.25, 0.3) is 0 Å². The third-order valence-electron chi connectivity index (χ3n) is 5.60. The minimum Gasteiger partial charge on any atom is -0.543 e. The van der Waals surface area contributed by atoms with Gasteiger partial charge in [0.15, 0.2) is 10.8 Å². The largest absolute Gasteiger partial charge is 0.543 e. The fourth-order valence-corrected chi connectivity index (χ4v) is 6.93. The van der Waals surface area contributed by atoms with E-state index in [1.54, 1.807) is 23.6 Å². The Labute approximate surface area is 241 Å². The number of β-lactam (4-membered cyclic amide) rings is 1. The number of allylic oxidation sites excluding steroid dienone is 2. The molecule has 14 nitrogen and oxygen atoms in total. The van der Waals surface area contributed by atoms with Crippen LogP contribution in [0.5, 0.6) is 0 Å². The Kier molecular flexibility index (Phi) is 8.96. The molecule has 4 rings (SSSR count). The second kappa shape index (κ2) is 12.4. The van der Waals surface area contributed by atoms with Gasteiger partial charge in [0.2, 0.25) is 11.6 Å². The molecule has 4 heterocycles. The van der Waals surface area contributed by atoms with Gasteiger partial charge in [0, 0.05) is 16.9 Å². The Morgan fingerprint density at radius 1 is 1.40 bits per heavy atom. The lowest BCUT2D eigenvalue weighted by Crippen LogP contribution is -2.71. The topological polar surface area (TPSA) is 219 Å². The van der Waals surface area contributed by atoms with Gasteiger partial charge in [-0.2, -0.15) is 0 Å². The molecule has 1 saturated heterocycles. The summed E-state index contributed by atoms with van der Waals surface area (Å²) in [5.41, 5.74) is 17.8. The Hall–Kier alpha value is -4.09. The van der Waals surface area contributed by atoms with E-state index in [2.05, 4.69) is 27.0 Å². The standard InChI is InChI=1S/C23H25N9O5S3/c1-3-5-31-14(25)7-13(24)28-23(31)40-9-11-8-38-20-16(19(34)32(20)17(11)21(35)36)29-18(33)15(30-37-6-4-2)12-10-39-22(26)27-12/h3-4,6-7,10,16,20H,1,5,8-9H2,2H3,(H7,24,25,26,27,29,33,35,36)/b6-4+,30-15+. The molecule has 0 aliphatic carbocycles. The third kappa shape index (κ3) is 5.90. The molecule has 2 atom stereocenters. The number of aromatic nitrogens is 3. The Balaban J connectivity index is 1.52. The zero-order valence-electron chi connectivity index (χ0n) is 21.1. The van der Waals surface area contributed by atoms with E-state index in [1.807, 2.05) is 0 Å². The van der Waals surface area contributed by atoms with E-state index in [4.69, 9.17) is 22.0 Å². The van der Waals surface area contributed by atoms with Crippen LogP contribution in [0.3, 0.4) is 0 Å². The number of amides is 2. The van der Waals surface area contributed by atoms with E-state index in [0.717, 1.165) is 16.2 Å². The SMILES string of the molecule is C=CC[n+]1c(N)cc(N)nc1SCC1=C(C(=O)[O-])N2C(=O)C(NC(=O)/C(=N/O/C=C/C)c3csc(N)n3)C2SC1. The number of rotatable bonds is 11. The average Bonchev–Trinajstić information content (AvgIpc) is 3.34. The number of nitrogens with one attached hydrogen (secondary N) is 1. The van der Waals surface area contributed by atoms with Crippen LogP contribution < -0.4 is 32.2 Å². The van der Waals surface area contributed by atoms with Crippen LogP contribution in [0.1, 0.15) is 12.6 Å². The van der Waals surface area contributed by atoms with E-state index in [0.29, 0.717) is 23.1 Å². The van der Waals surface area contributed by atoms with Gasteiger partial charge in [-0.15, -0.1) is 23.1 Å². The number of anilines is 3. The van der Waals surface area contributed by atoms with Crippen molar-refractivity contribution in [3.8, 4) is 0 Å². The number of aliphatic carboxylic acids is 1. The maximum atomic E-state index is 13.1. The number of fused-ring (bicyclic) bond motifs is 1.